The maximum absolute atomic E-state index is 12.1. The molecule has 132 valence electrons. The normalized spacial score (nSPS) is 18.5. The lowest BCUT2D eigenvalue weighted by atomic mass is 10.2. The first-order valence-corrected chi connectivity index (χ1v) is 9.88. The topological polar surface area (TPSA) is 81.8 Å². The van der Waals surface area contributed by atoms with Crippen LogP contribution < -0.4 is 14.3 Å². The van der Waals surface area contributed by atoms with Crippen molar-refractivity contribution in [2.45, 2.75) is 19.8 Å². The first-order chi connectivity index (χ1) is 11.5. The summed E-state index contributed by atoms with van der Waals surface area (Å²) in [6.45, 7) is 5.20. The molecule has 8 heteroatoms. The van der Waals surface area contributed by atoms with Crippen LogP contribution in [0.3, 0.4) is 0 Å². The molecule has 0 bridgehead atoms. The van der Waals surface area contributed by atoms with Gasteiger partial charge < -0.3 is 9.80 Å². The summed E-state index contributed by atoms with van der Waals surface area (Å²) in [7, 11) is -3.50. The van der Waals surface area contributed by atoms with E-state index in [1.807, 2.05) is 17.0 Å². The van der Waals surface area contributed by atoms with Crippen LogP contribution in [-0.4, -0.2) is 51.9 Å². The van der Waals surface area contributed by atoms with Gasteiger partial charge >= 0.3 is 0 Å². The van der Waals surface area contributed by atoms with Crippen LogP contribution in [0.4, 0.5) is 11.4 Å². The van der Waals surface area contributed by atoms with Gasteiger partial charge in [0.25, 0.3) is 10.2 Å². The maximum atomic E-state index is 12.1. The van der Waals surface area contributed by atoms with Crippen LogP contribution in [0.2, 0.25) is 0 Å². The molecule has 7 nitrogen and oxygen atoms in total. The zero-order chi connectivity index (χ0) is 17.2. The molecule has 2 N–H and O–H groups in total. The van der Waals surface area contributed by atoms with E-state index in [1.165, 1.54) is 0 Å². The Morgan fingerprint density at radius 3 is 2.29 bits per heavy atom. The van der Waals surface area contributed by atoms with Crippen molar-refractivity contribution < 1.29 is 13.2 Å². The number of hydrogen-bond donors (Lipinski definition) is 2. The van der Waals surface area contributed by atoms with Crippen molar-refractivity contribution in [1.29, 1.82) is 0 Å². The van der Waals surface area contributed by atoms with Crippen LogP contribution in [0.25, 0.3) is 0 Å². The molecule has 1 amide bonds. The van der Waals surface area contributed by atoms with Crippen molar-refractivity contribution in [3.8, 4) is 0 Å². The van der Waals surface area contributed by atoms with Gasteiger partial charge in [0.15, 0.2) is 0 Å². The third kappa shape index (κ3) is 4.18. The van der Waals surface area contributed by atoms with Crippen LogP contribution in [0.5, 0.6) is 0 Å². The van der Waals surface area contributed by atoms with Gasteiger partial charge in [-0.3, -0.25) is 9.52 Å². The number of carbonyl (C=O) groups is 1. The Morgan fingerprint density at radius 2 is 1.75 bits per heavy atom. The number of nitrogens with one attached hydrogen (secondary N) is 2. The van der Waals surface area contributed by atoms with Crippen LogP contribution in [0, 0.1) is 5.92 Å². The number of anilines is 2. The molecule has 1 aliphatic carbocycles. The third-order valence-corrected chi connectivity index (χ3v) is 5.51. The molecule has 0 spiro atoms. The fourth-order valence-corrected chi connectivity index (χ4v) is 3.79. The lowest BCUT2D eigenvalue weighted by molar-refractivity contribution is -0.132. The van der Waals surface area contributed by atoms with Crippen molar-refractivity contribution in [2.24, 2.45) is 5.92 Å². The summed E-state index contributed by atoms with van der Waals surface area (Å²) in [5.74, 6) is 0.586. The van der Waals surface area contributed by atoms with Gasteiger partial charge in [-0.25, -0.2) is 0 Å². The molecule has 1 aromatic carbocycles. The van der Waals surface area contributed by atoms with Crippen molar-refractivity contribution >= 4 is 27.5 Å². The molecule has 1 aromatic rings. The second-order valence-corrected chi connectivity index (χ2v) is 7.74. The summed E-state index contributed by atoms with van der Waals surface area (Å²) in [5.41, 5.74) is 1.57. The van der Waals surface area contributed by atoms with Crippen molar-refractivity contribution in [1.82, 2.24) is 9.62 Å². The Morgan fingerprint density at radius 1 is 1.12 bits per heavy atom. The van der Waals surface area contributed by atoms with E-state index in [0.717, 1.165) is 44.7 Å². The average molecular weight is 352 g/mol. The Kier molecular flexibility index (Phi) is 4.96. The summed E-state index contributed by atoms with van der Waals surface area (Å²) >= 11 is 0. The Hall–Kier alpha value is -1.80. The van der Waals surface area contributed by atoms with Crippen molar-refractivity contribution in [3.05, 3.63) is 24.3 Å². The van der Waals surface area contributed by atoms with E-state index in [4.69, 9.17) is 0 Å². The van der Waals surface area contributed by atoms with Crippen molar-refractivity contribution in [2.75, 3.05) is 42.3 Å². The van der Waals surface area contributed by atoms with E-state index in [1.54, 1.807) is 19.1 Å². The molecule has 0 aromatic heterocycles. The number of hydrogen-bond acceptors (Lipinski definition) is 4. The fraction of sp³-hybridized carbons (Fsp3) is 0.562. The lowest BCUT2D eigenvalue weighted by Crippen LogP contribution is -2.49. The summed E-state index contributed by atoms with van der Waals surface area (Å²) in [6, 6.07) is 7.32. The number of rotatable bonds is 6. The highest BCUT2D eigenvalue weighted by atomic mass is 32.2. The summed E-state index contributed by atoms with van der Waals surface area (Å²) < 4.78 is 28.2. The molecule has 24 heavy (non-hydrogen) atoms. The second-order valence-electron chi connectivity index (χ2n) is 6.24. The number of amides is 1. The van der Waals surface area contributed by atoms with Gasteiger partial charge in [-0.15, -0.1) is 0 Å². The molecule has 0 atom stereocenters. The molecule has 0 radical (unpaired) electrons. The standard InChI is InChI=1S/C16H24N4O3S/c1-2-17-24(22,23)18-14-5-7-15(8-6-14)19-9-11-20(12-10-19)16(21)13-3-4-13/h5-8,13,17-18H,2-4,9-12H2,1H3. The second kappa shape index (κ2) is 6.98. The number of carbonyl (C=O) groups excluding carboxylic acids is 1. The summed E-state index contributed by atoms with van der Waals surface area (Å²) in [6.07, 6.45) is 2.09. The fourth-order valence-electron chi connectivity index (χ4n) is 2.90. The molecule has 1 heterocycles. The number of nitrogens with zero attached hydrogens (tertiary/aromatic N) is 2. The first kappa shape index (κ1) is 17.0. The van der Waals surface area contributed by atoms with Crippen molar-refractivity contribution in [3.63, 3.8) is 0 Å². The largest absolute Gasteiger partial charge is 0.368 e. The minimum Gasteiger partial charge on any atom is -0.368 e. The van der Waals surface area contributed by atoms with Gasteiger partial charge in [-0.1, -0.05) is 6.92 Å². The molecule has 1 aliphatic heterocycles. The summed E-state index contributed by atoms with van der Waals surface area (Å²) in [4.78, 5) is 16.3. The average Bonchev–Trinajstić information content (AvgIpc) is 3.39. The van der Waals surface area contributed by atoms with Gasteiger partial charge in [-0.05, 0) is 37.1 Å². The van der Waals surface area contributed by atoms with E-state index in [0.29, 0.717) is 18.1 Å². The van der Waals surface area contributed by atoms with E-state index in [2.05, 4.69) is 14.3 Å². The lowest BCUT2D eigenvalue weighted by Gasteiger charge is -2.36. The van der Waals surface area contributed by atoms with Gasteiger partial charge in [0.1, 0.15) is 0 Å². The highest BCUT2D eigenvalue weighted by Gasteiger charge is 2.34. The molecule has 1 saturated carbocycles. The molecule has 0 unspecified atom stereocenters. The van der Waals surface area contributed by atoms with E-state index >= 15 is 0 Å². The maximum Gasteiger partial charge on any atom is 0.299 e. The monoisotopic (exact) mass is 352 g/mol. The molecule has 2 fully saturated rings. The van der Waals surface area contributed by atoms with Gasteiger partial charge in [0.05, 0.1) is 0 Å². The van der Waals surface area contributed by atoms with Crippen LogP contribution in [-0.2, 0) is 15.0 Å². The van der Waals surface area contributed by atoms with Crippen LogP contribution in [0.1, 0.15) is 19.8 Å². The molecule has 1 saturated heterocycles. The first-order valence-electron chi connectivity index (χ1n) is 8.40. The van der Waals surface area contributed by atoms with Crippen LogP contribution in [0.15, 0.2) is 24.3 Å². The smallest absolute Gasteiger partial charge is 0.299 e. The van der Waals surface area contributed by atoms with E-state index in [-0.39, 0.29) is 5.92 Å². The molecule has 2 aliphatic rings. The Balaban J connectivity index is 1.55. The molecular weight excluding hydrogens is 328 g/mol. The van der Waals surface area contributed by atoms with Gasteiger partial charge in [0.2, 0.25) is 5.91 Å². The molecule has 3 rings (SSSR count). The zero-order valence-corrected chi connectivity index (χ0v) is 14.7. The van der Waals surface area contributed by atoms with E-state index in [9.17, 15) is 13.2 Å². The van der Waals surface area contributed by atoms with Gasteiger partial charge in [0, 0.05) is 50.0 Å². The SMILES string of the molecule is CCNS(=O)(=O)Nc1ccc(N2CCN(C(=O)C3CC3)CC2)cc1. The summed E-state index contributed by atoms with van der Waals surface area (Å²) in [5, 5.41) is 0. The Bertz CT molecular complexity index is 678. The third-order valence-electron chi connectivity index (χ3n) is 4.34. The quantitative estimate of drug-likeness (QED) is 0.801. The predicted octanol–water partition coefficient (Wildman–Crippen LogP) is 1.01. The minimum atomic E-state index is -3.50. The highest BCUT2D eigenvalue weighted by Crippen LogP contribution is 2.31. The highest BCUT2D eigenvalue weighted by molar-refractivity contribution is 7.90. The molecular formula is C16H24N4O3S. The minimum absolute atomic E-state index is 0.278. The van der Waals surface area contributed by atoms with Crippen LogP contribution >= 0.6 is 0 Å². The number of benzene rings is 1. The van der Waals surface area contributed by atoms with Gasteiger partial charge in [-0.2, -0.15) is 13.1 Å². The zero-order valence-electron chi connectivity index (χ0n) is 13.9. The predicted molar refractivity (Wildman–Crippen MR) is 94.2 cm³/mol. The number of piperazine rings is 1. The Labute approximate surface area is 143 Å². The van der Waals surface area contributed by atoms with E-state index < -0.39 is 10.2 Å².